The molecule has 2 aromatic rings. The maximum Gasteiger partial charge on any atom is 0.256 e. The van der Waals surface area contributed by atoms with Gasteiger partial charge in [0.2, 0.25) is 0 Å². The molecule has 1 unspecified atom stereocenters. The van der Waals surface area contributed by atoms with E-state index in [0.29, 0.717) is 50.4 Å². The quantitative estimate of drug-likeness (QED) is 0.466. The predicted molar refractivity (Wildman–Crippen MR) is 142 cm³/mol. The lowest BCUT2D eigenvalue weighted by molar-refractivity contribution is 0.0470. The molecule has 202 valence electrons. The highest BCUT2D eigenvalue weighted by Gasteiger charge is 2.30. The minimum atomic E-state index is -1.08. The van der Waals surface area contributed by atoms with Crippen molar-refractivity contribution < 1.29 is 23.4 Å². The summed E-state index contributed by atoms with van der Waals surface area (Å²) >= 11 is 0. The topological polar surface area (TPSA) is 53.0 Å². The van der Waals surface area contributed by atoms with Crippen LogP contribution in [-0.2, 0) is 0 Å². The first-order chi connectivity index (χ1) is 17.8. The third-order valence-corrected chi connectivity index (χ3v) is 8.04. The number of nitrogens with zero attached hydrogens (tertiary/aromatic N) is 2. The van der Waals surface area contributed by atoms with Crippen LogP contribution in [0.15, 0.2) is 42.5 Å². The molecule has 0 aromatic heterocycles. The number of alkyl halides is 1. The Morgan fingerprint density at radius 3 is 2.32 bits per heavy atom. The standard InChI is InChI=1S/C30H40F2N2O3/c1-3-30(32,4-2)21-33-16-13-22(14-17-33)20-37-26-10-7-23(8-11-26)24-9-12-27(28(31)18-24)29(36)34-15-5-6-25(35)19-34/h7-12,18,22,25,35H,3-6,13-17,19-21H2,1-2H3. The molecule has 0 bridgehead atoms. The van der Waals surface area contributed by atoms with E-state index in [2.05, 4.69) is 4.90 Å². The van der Waals surface area contributed by atoms with Crippen LogP contribution >= 0.6 is 0 Å². The van der Waals surface area contributed by atoms with Gasteiger partial charge in [-0.15, -0.1) is 0 Å². The van der Waals surface area contributed by atoms with Crippen LogP contribution in [0.5, 0.6) is 5.75 Å². The monoisotopic (exact) mass is 514 g/mol. The lowest BCUT2D eigenvalue weighted by Gasteiger charge is -2.36. The summed E-state index contributed by atoms with van der Waals surface area (Å²) in [4.78, 5) is 16.5. The highest BCUT2D eigenvalue weighted by Crippen LogP contribution is 2.28. The molecule has 0 radical (unpaired) electrons. The van der Waals surface area contributed by atoms with Crippen molar-refractivity contribution in [3.63, 3.8) is 0 Å². The molecule has 2 aromatic carbocycles. The highest BCUT2D eigenvalue weighted by molar-refractivity contribution is 5.95. The molecule has 7 heteroatoms. The first-order valence-corrected chi connectivity index (χ1v) is 13.7. The minimum absolute atomic E-state index is 0.0328. The summed E-state index contributed by atoms with van der Waals surface area (Å²) in [6, 6.07) is 12.2. The third-order valence-electron chi connectivity index (χ3n) is 8.04. The maximum atomic E-state index is 14.8. The molecular weight excluding hydrogens is 474 g/mol. The fourth-order valence-corrected chi connectivity index (χ4v) is 5.32. The van der Waals surface area contributed by atoms with Gasteiger partial charge in [0.25, 0.3) is 5.91 Å². The van der Waals surface area contributed by atoms with Crippen molar-refractivity contribution in [3.8, 4) is 16.9 Å². The van der Waals surface area contributed by atoms with E-state index in [1.54, 1.807) is 6.07 Å². The van der Waals surface area contributed by atoms with Crippen molar-refractivity contribution in [1.82, 2.24) is 9.80 Å². The van der Waals surface area contributed by atoms with Crippen molar-refractivity contribution in [1.29, 1.82) is 0 Å². The molecule has 37 heavy (non-hydrogen) atoms. The molecule has 2 aliphatic rings. The Hall–Kier alpha value is -2.51. The fraction of sp³-hybridized carbons (Fsp3) is 0.567. The van der Waals surface area contributed by atoms with Crippen LogP contribution in [-0.4, -0.2) is 71.9 Å². The van der Waals surface area contributed by atoms with Gasteiger partial charge in [0.15, 0.2) is 0 Å². The molecular formula is C30H40F2N2O3. The highest BCUT2D eigenvalue weighted by atomic mass is 19.1. The molecule has 2 saturated heterocycles. The lowest BCUT2D eigenvalue weighted by Crippen LogP contribution is -2.44. The third kappa shape index (κ3) is 7.08. The van der Waals surface area contributed by atoms with Crippen LogP contribution in [0.25, 0.3) is 11.1 Å². The Balaban J connectivity index is 1.28. The molecule has 1 N–H and O–H groups in total. The van der Waals surface area contributed by atoms with Gasteiger partial charge in [-0.3, -0.25) is 4.79 Å². The number of ether oxygens (including phenoxy) is 1. The van der Waals surface area contributed by atoms with Gasteiger partial charge in [0.1, 0.15) is 17.2 Å². The zero-order chi connectivity index (χ0) is 26.4. The van der Waals surface area contributed by atoms with Gasteiger partial charge < -0.3 is 19.6 Å². The Kier molecular flexibility index (Phi) is 9.19. The lowest BCUT2D eigenvalue weighted by atomic mass is 9.94. The van der Waals surface area contributed by atoms with Crippen LogP contribution in [0.4, 0.5) is 8.78 Å². The number of amides is 1. The summed E-state index contributed by atoms with van der Waals surface area (Å²) in [5, 5.41) is 9.82. The summed E-state index contributed by atoms with van der Waals surface area (Å²) in [5.74, 6) is 0.282. The first kappa shape index (κ1) is 27.5. The molecule has 5 nitrogen and oxygen atoms in total. The normalized spacial score (nSPS) is 19.7. The number of carbonyl (C=O) groups excluding carboxylic acids is 1. The number of halogens is 2. The molecule has 4 rings (SSSR count). The van der Waals surface area contributed by atoms with Gasteiger partial charge >= 0.3 is 0 Å². The average molecular weight is 515 g/mol. The second-order valence-corrected chi connectivity index (χ2v) is 10.7. The van der Waals surface area contributed by atoms with Crippen LogP contribution in [0, 0.1) is 11.7 Å². The number of rotatable bonds is 9. The molecule has 1 amide bonds. The smallest absolute Gasteiger partial charge is 0.256 e. The van der Waals surface area contributed by atoms with E-state index in [1.807, 2.05) is 38.1 Å². The second kappa shape index (κ2) is 12.4. The molecule has 2 heterocycles. The van der Waals surface area contributed by atoms with E-state index in [-0.39, 0.29) is 18.0 Å². The number of hydrogen-bond donors (Lipinski definition) is 1. The summed E-state index contributed by atoms with van der Waals surface area (Å²) in [5.41, 5.74) is 0.481. The largest absolute Gasteiger partial charge is 0.493 e. The van der Waals surface area contributed by atoms with Crippen LogP contribution < -0.4 is 4.74 Å². The first-order valence-electron chi connectivity index (χ1n) is 13.7. The maximum absolute atomic E-state index is 14.8. The van der Waals surface area contributed by atoms with E-state index in [9.17, 15) is 18.7 Å². The molecule has 1 atom stereocenters. The molecule has 2 aliphatic heterocycles. The van der Waals surface area contributed by atoms with Crippen molar-refractivity contribution in [2.24, 2.45) is 5.92 Å². The van der Waals surface area contributed by atoms with E-state index in [4.69, 9.17) is 4.74 Å². The summed E-state index contributed by atoms with van der Waals surface area (Å²) in [6.45, 7) is 7.58. The van der Waals surface area contributed by atoms with E-state index in [0.717, 1.165) is 43.7 Å². The number of aliphatic hydroxyl groups is 1. The van der Waals surface area contributed by atoms with Gasteiger partial charge in [0, 0.05) is 19.6 Å². The van der Waals surface area contributed by atoms with Gasteiger partial charge in [-0.25, -0.2) is 8.78 Å². The van der Waals surface area contributed by atoms with Crippen LogP contribution in [0.2, 0.25) is 0 Å². The van der Waals surface area contributed by atoms with E-state index < -0.39 is 17.6 Å². The molecule has 0 saturated carbocycles. The Labute approximate surface area is 219 Å². The van der Waals surface area contributed by atoms with E-state index in [1.165, 1.54) is 17.0 Å². The predicted octanol–water partition coefficient (Wildman–Crippen LogP) is 5.71. The molecule has 2 fully saturated rings. The van der Waals surface area contributed by atoms with E-state index >= 15 is 0 Å². The second-order valence-electron chi connectivity index (χ2n) is 10.7. The van der Waals surface area contributed by atoms with Gasteiger partial charge in [-0.05, 0) is 92.9 Å². The molecule has 0 spiro atoms. The Bertz CT molecular complexity index is 1030. The fourth-order valence-electron chi connectivity index (χ4n) is 5.32. The number of hydrogen-bond acceptors (Lipinski definition) is 4. The summed E-state index contributed by atoms with van der Waals surface area (Å²) in [6.07, 6.45) is 3.96. The summed E-state index contributed by atoms with van der Waals surface area (Å²) in [7, 11) is 0. The van der Waals surface area contributed by atoms with Gasteiger partial charge in [-0.1, -0.05) is 32.0 Å². The SMILES string of the molecule is CCC(F)(CC)CN1CCC(COc2ccc(-c3ccc(C(=O)N4CCCC(O)C4)c(F)c3)cc2)CC1. The Morgan fingerprint density at radius 2 is 1.70 bits per heavy atom. The van der Waals surface area contributed by atoms with Crippen molar-refractivity contribution >= 4 is 5.91 Å². The van der Waals surface area contributed by atoms with Crippen molar-refractivity contribution in [2.45, 2.75) is 64.1 Å². The Morgan fingerprint density at radius 1 is 1.03 bits per heavy atom. The number of likely N-dealkylation sites (tertiary alicyclic amines) is 2. The zero-order valence-corrected chi connectivity index (χ0v) is 22.1. The van der Waals surface area contributed by atoms with Gasteiger partial charge in [0.05, 0.1) is 18.3 Å². The average Bonchev–Trinajstić information content (AvgIpc) is 2.92. The number of carbonyl (C=O) groups is 1. The minimum Gasteiger partial charge on any atom is -0.493 e. The van der Waals surface area contributed by atoms with Gasteiger partial charge in [-0.2, -0.15) is 0 Å². The van der Waals surface area contributed by atoms with Crippen LogP contribution in [0.3, 0.4) is 0 Å². The molecule has 0 aliphatic carbocycles. The van der Waals surface area contributed by atoms with Crippen LogP contribution in [0.1, 0.15) is 62.7 Å². The number of benzene rings is 2. The number of piperidine rings is 2. The summed E-state index contributed by atoms with van der Waals surface area (Å²) < 4.78 is 35.6. The number of β-amino-alcohol motifs (C(OH)–C–C–N with tert-alkyl or cyclic N) is 1. The van der Waals surface area contributed by atoms with Crippen molar-refractivity contribution in [3.05, 3.63) is 53.8 Å². The zero-order valence-electron chi connectivity index (χ0n) is 22.1. The van der Waals surface area contributed by atoms with Crippen molar-refractivity contribution in [2.75, 3.05) is 39.3 Å². The number of aliphatic hydroxyl groups excluding tert-OH is 1.